The standard InChI is InChI=1S/C56H102N2O11S3Si3/c1-37(26-25-28-56(35-65-71(18,61)62)46(66-56)32-43(67-73(19,20)50(5,6)7)38(2)30-42-34-70-40(4)57-42)48(69-75(23,24)52(11,12)13)39(3)49(60)53(14,15)45(68-74(21,22)51(8,9)10)33-47(59)58-44-31-41-27-29-55(44,54(41,16)17)36-72(58,63)64/h30,34,37,39,41,43-46,48H,25-29,31-33,35-36H2,1-24H3/t37-,39+,41?,43-,44?,45-,46-,48-,55+,56-/m0/s1. The van der Waals surface area contributed by atoms with Crippen LogP contribution in [0.15, 0.2) is 11.0 Å². The summed E-state index contributed by atoms with van der Waals surface area (Å²) < 4.78 is 88.5. The molecule has 2 saturated heterocycles. The van der Waals surface area contributed by atoms with Gasteiger partial charge in [0.25, 0.3) is 10.1 Å². The van der Waals surface area contributed by atoms with Crippen LogP contribution < -0.4 is 0 Å². The molecule has 2 unspecified atom stereocenters. The number of fused-ring (bicyclic) bond motifs is 1. The van der Waals surface area contributed by atoms with E-state index in [1.807, 2.05) is 33.1 Å². The van der Waals surface area contributed by atoms with Crippen molar-refractivity contribution in [2.45, 2.75) is 260 Å². The quantitative estimate of drug-likeness (QED) is 0.0546. The highest BCUT2D eigenvalue weighted by molar-refractivity contribution is 7.90. The molecule has 5 rings (SSSR count). The topological polar surface area (TPSA) is 168 Å². The molecule has 2 saturated carbocycles. The van der Waals surface area contributed by atoms with Crippen LogP contribution in [0.5, 0.6) is 0 Å². The summed E-state index contributed by atoms with van der Waals surface area (Å²) >= 11 is 1.60. The van der Waals surface area contributed by atoms with Crippen LogP contribution in [-0.4, -0.2) is 117 Å². The molecule has 3 heterocycles. The van der Waals surface area contributed by atoms with Crippen LogP contribution in [0.25, 0.3) is 6.08 Å². The smallest absolute Gasteiger partial charge is 0.264 e. The Morgan fingerprint density at radius 1 is 0.920 bits per heavy atom. The summed E-state index contributed by atoms with van der Waals surface area (Å²) in [6, 6.07) is -0.386. The van der Waals surface area contributed by atoms with Crippen LogP contribution in [0.2, 0.25) is 54.4 Å². The summed E-state index contributed by atoms with van der Waals surface area (Å²) in [6.45, 7) is 48.8. The largest absolute Gasteiger partial charge is 0.413 e. The first-order valence-electron chi connectivity index (χ1n) is 27.8. The Bertz CT molecular complexity index is 2500. The van der Waals surface area contributed by atoms with Crippen LogP contribution in [0.4, 0.5) is 0 Å². The predicted molar refractivity (Wildman–Crippen MR) is 313 cm³/mol. The molecule has 0 aromatic carbocycles. The Morgan fingerprint density at radius 3 is 1.97 bits per heavy atom. The van der Waals surface area contributed by atoms with Gasteiger partial charge in [-0.1, -0.05) is 110 Å². The maximum atomic E-state index is 15.6. The number of aromatic nitrogens is 1. The number of ketones is 1. The lowest BCUT2D eigenvalue weighted by Gasteiger charge is -2.46. The monoisotopic (exact) mass is 1160 g/mol. The van der Waals surface area contributed by atoms with Crippen molar-refractivity contribution in [3.63, 3.8) is 0 Å². The number of carbonyl (C=O) groups excluding carboxylic acids is 2. The zero-order valence-corrected chi connectivity index (χ0v) is 56.4. The molecule has 0 radical (unpaired) electrons. The fourth-order valence-electron chi connectivity index (χ4n) is 11.8. The van der Waals surface area contributed by atoms with E-state index in [-0.39, 0.29) is 69.3 Å². The van der Waals surface area contributed by atoms with Gasteiger partial charge in [-0.3, -0.25) is 13.8 Å². The molecule has 4 fully saturated rings. The van der Waals surface area contributed by atoms with Crippen molar-refractivity contribution in [3.05, 3.63) is 21.7 Å². The highest BCUT2D eigenvalue weighted by atomic mass is 32.2. The molecule has 0 N–H and O–H groups in total. The Balaban J connectivity index is 1.44. The normalized spacial score (nSPS) is 27.5. The molecule has 1 aromatic rings. The number of nitrogens with zero attached hydrogens (tertiary/aromatic N) is 2. The molecule has 1 aromatic heterocycles. The molecule has 432 valence electrons. The Kier molecular flexibility index (Phi) is 18.7. The van der Waals surface area contributed by atoms with Gasteiger partial charge in [0.2, 0.25) is 15.9 Å². The minimum absolute atomic E-state index is 0.0211. The minimum atomic E-state index is -3.90. The van der Waals surface area contributed by atoms with E-state index in [1.165, 1.54) is 4.31 Å². The molecule has 13 nitrogen and oxygen atoms in total. The van der Waals surface area contributed by atoms with E-state index in [9.17, 15) is 21.6 Å². The van der Waals surface area contributed by atoms with Crippen LogP contribution in [-0.2, 0) is 51.9 Å². The second-order valence-electron chi connectivity index (χ2n) is 29.4. The van der Waals surface area contributed by atoms with Crippen molar-refractivity contribution in [2.24, 2.45) is 34.0 Å². The third-order valence-corrected chi connectivity index (χ3v) is 37.0. The third-order valence-electron chi connectivity index (χ3n) is 20.3. The molecule has 19 heteroatoms. The van der Waals surface area contributed by atoms with E-state index < -0.39 is 85.6 Å². The number of hydrogen-bond donors (Lipinski definition) is 0. The number of amides is 1. The van der Waals surface area contributed by atoms with Gasteiger partial charge in [0, 0.05) is 28.5 Å². The summed E-state index contributed by atoms with van der Waals surface area (Å²) in [4.78, 5) is 35.2. The Labute approximate surface area is 463 Å². The van der Waals surface area contributed by atoms with E-state index in [4.69, 9.17) is 27.2 Å². The maximum Gasteiger partial charge on any atom is 0.264 e. The van der Waals surface area contributed by atoms with Crippen LogP contribution in [0.1, 0.15) is 173 Å². The lowest BCUT2D eigenvalue weighted by atomic mass is 9.69. The number of thiazole rings is 1. The lowest BCUT2D eigenvalue weighted by Crippen LogP contribution is -2.55. The Hall–Kier alpha value is -1.14. The molecular weight excluding hydrogens is 1060 g/mol. The second kappa shape index (κ2) is 21.6. The average molecular weight is 1160 g/mol. The molecule has 2 aliphatic heterocycles. The Morgan fingerprint density at radius 2 is 1.47 bits per heavy atom. The van der Waals surface area contributed by atoms with Gasteiger partial charge < -0.3 is 18.0 Å². The highest BCUT2D eigenvalue weighted by Crippen LogP contribution is 2.70. The second-order valence-corrected chi connectivity index (χ2v) is 48.2. The average Bonchev–Trinajstić information content (AvgIpc) is 3.36. The number of Topliss-reactive ketones (excluding diaryl/α,β-unsaturated/α-hetero) is 1. The summed E-state index contributed by atoms with van der Waals surface area (Å²) in [5.74, 6) is -1.00. The van der Waals surface area contributed by atoms with Crippen molar-refractivity contribution in [1.82, 2.24) is 9.29 Å². The van der Waals surface area contributed by atoms with E-state index in [1.54, 1.807) is 11.3 Å². The number of aryl methyl sites for hydroxylation is 1. The molecule has 1 amide bonds. The van der Waals surface area contributed by atoms with Gasteiger partial charge in [-0.05, 0) is 129 Å². The minimum Gasteiger partial charge on any atom is -0.413 e. The molecule has 2 aliphatic carbocycles. The number of epoxide rings is 1. The summed E-state index contributed by atoms with van der Waals surface area (Å²) in [5, 5.41) is 2.53. The number of carbonyl (C=O) groups is 2. The van der Waals surface area contributed by atoms with E-state index in [2.05, 4.69) is 135 Å². The van der Waals surface area contributed by atoms with Gasteiger partial charge in [0.05, 0.1) is 66.2 Å². The SMILES string of the molecule is CC(=Cc1csc(C)n1)[C@H](C[C@@H]1O[C@@]1(CCC[C@H](C)[C@H](O[Si](C)(C)C(C)(C)C)[C@@H](C)C(=O)C(C)(C)[C@H](CC(=O)N1C2CC3CC[C@]2(CS1(=O)=O)C3(C)C)O[Si](C)(C)C(C)(C)C)COS(C)(=O)=O)O[Si](C)(C)C(C)(C)C. The van der Waals surface area contributed by atoms with E-state index in [0.29, 0.717) is 38.0 Å². The van der Waals surface area contributed by atoms with Crippen molar-refractivity contribution in [2.75, 3.05) is 18.6 Å². The zero-order valence-electron chi connectivity index (χ0n) is 51.0. The zero-order chi connectivity index (χ0) is 57.5. The van der Waals surface area contributed by atoms with Gasteiger partial charge in [-0.2, -0.15) is 8.42 Å². The maximum absolute atomic E-state index is 15.6. The fourth-order valence-corrected chi connectivity index (χ4v) is 19.6. The van der Waals surface area contributed by atoms with Crippen molar-refractivity contribution in [3.8, 4) is 0 Å². The lowest BCUT2D eigenvalue weighted by molar-refractivity contribution is -0.143. The van der Waals surface area contributed by atoms with Crippen molar-refractivity contribution < 1.29 is 48.6 Å². The van der Waals surface area contributed by atoms with Crippen LogP contribution in [0.3, 0.4) is 0 Å². The molecule has 10 atom stereocenters. The number of rotatable bonds is 24. The number of sulfonamides is 1. The van der Waals surface area contributed by atoms with E-state index >= 15 is 4.79 Å². The van der Waals surface area contributed by atoms with E-state index in [0.717, 1.165) is 35.4 Å². The fraction of sp³-hybridized carbons (Fsp3) is 0.875. The first kappa shape index (κ1) is 64.7. The third kappa shape index (κ3) is 13.6. The molecule has 75 heavy (non-hydrogen) atoms. The highest BCUT2D eigenvalue weighted by Gasteiger charge is 2.72. The summed E-state index contributed by atoms with van der Waals surface area (Å²) in [6.07, 6.45) is 5.65. The molecule has 4 aliphatic rings. The van der Waals surface area contributed by atoms with Gasteiger partial charge in [-0.15, -0.1) is 11.3 Å². The predicted octanol–water partition coefficient (Wildman–Crippen LogP) is 13.3. The first-order chi connectivity index (χ1) is 33.6. The summed E-state index contributed by atoms with van der Waals surface area (Å²) in [5.41, 5.74) is -0.853. The van der Waals surface area contributed by atoms with Crippen LogP contribution >= 0.6 is 11.3 Å². The molecular formula is C56H102N2O11S3Si3. The number of ether oxygens (including phenoxy) is 1. The van der Waals surface area contributed by atoms with Gasteiger partial charge in [0.1, 0.15) is 11.4 Å². The van der Waals surface area contributed by atoms with Crippen molar-refractivity contribution in [1.29, 1.82) is 0 Å². The van der Waals surface area contributed by atoms with Gasteiger partial charge >= 0.3 is 0 Å². The molecule has 1 spiro atoms. The molecule has 2 bridgehead atoms. The summed E-state index contributed by atoms with van der Waals surface area (Å²) in [7, 11) is -15.1. The number of hydrogen-bond acceptors (Lipinski definition) is 13. The van der Waals surface area contributed by atoms with Crippen LogP contribution in [0, 0.1) is 40.9 Å². The van der Waals surface area contributed by atoms with Crippen molar-refractivity contribution >= 4 is 74.2 Å². The van der Waals surface area contributed by atoms with Gasteiger partial charge in [-0.25, -0.2) is 17.7 Å². The van der Waals surface area contributed by atoms with Gasteiger partial charge in [0.15, 0.2) is 25.0 Å². The first-order valence-corrected chi connectivity index (χ1v) is 40.9.